The van der Waals surface area contributed by atoms with Crippen LogP contribution in [-0.2, 0) is 13.0 Å². The minimum absolute atomic E-state index is 0. The zero-order valence-electron chi connectivity index (χ0n) is 17.2. The van der Waals surface area contributed by atoms with E-state index in [0.29, 0.717) is 19.1 Å². The van der Waals surface area contributed by atoms with Gasteiger partial charge in [0.25, 0.3) is 0 Å². The average molecular weight is 503 g/mol. The molecule has 0 aromatic heterocycles. The van der Waals surface area contributed by atoms with Gasteiger partial charge >= 0.3 is 0 Å². The van der Waals surface area contributed by atoms with Crippen LogP contribution in [-0.4, -0.2) is 43.0 Å². The van der Waals surface area contributed by atoms with Crippen molar-refractivity contribution < 1.29 is 14.6 Å². The van der Waals surface area contributed by atoms with Crippen LogP contribution in [0, 0.1) is 5.92 Å². The molecule has 3 unspecified atom stereocenters. The quantitative estimate of drug-likeness (QED) is 0.303. The predicted molar refractivity (Wildman–Crippen MR) is 123 cm³/mol. The van der Waals surface area contributed by atoms with E-state index in [0.717, 1.165) is 61.8 Å². The Labute approximate surface area is 185 Å². The Bertz CT molecular complexity index is 669. The third kappa shape index (κ3) is 5.89. The van der Waals surface area contributed by atoms with Crippen molar-refractivity contribution in [2.45, 2.75) is 65.2 Å². The van der Waals surface area contributed by atoms with E-state index in [4.69, 9.17) is 14.5 Å². The molecule has 0 bridgehead atoms. The topological polar surface area (TPSA) is 75.1 Å². The van der Waals surface area contributed by atoms with Gasteiger partial charge in [0.1, 0.15) is 17.6 Å². The highest BCUT2D eigenvalue weighted by molar-refractivity contribution is 14.0. The number of nitrogens with one attached hydrogen (secondary N) is 2. The van der Waals surface area contributed by atoms with E-state index < -0.39 is 0 Å². The second kappa shape index (κ2) is 11.1. The van der Waals surface area contributed by atoms with Crippen molar-refractivity contribution in [2.75, 3.05) is 19.7 Å². The first-order valence-electron chi connectivity index (χ1n) is 10.3. The molecule has 0 spiro atoms. The number of guanidine groups is 1. The van der Waals surface area contributed by atoms with Gasteiger partial charge in [-0.15, -0.1) is 24.0 Å². The van der Waals surface area contributed by atoms with Crippen molar-refractivity contribution in [3.63, 3.8) is 0 Å². The summed E-state index contributed by atoms with van der Waals surface area (Å²) in [7, 11) is 0. The van der Waals surface area contributed by atoms with Crippen LogP contribution in [0.15, 0.2) is 17.1 Å². The Balaban J connectivity index is 0.00000280. The molecule has 0 amide bonds. The normalized spacial score (nSPS) is 23.6. The molecule has 1 heterocycles. The SMILES string of the molecule is CCNC(=NCc1cc2c(cc1OCC)CC(C)O2)NCC1CCCC1O.I. The van der Waals surface area contributed by atoms with Crippen LogP contribution in [0.5, 0.6) is 11.5 Å². The van der Waals surface area contributed by atoms with Crippen molar-refractivity contribution in [1.29, 1.82) is 0 Å². The van der Waals surface area contributed by atoms with E-state index in [1.165, 1.54) is 5.56 Å². The molecule has 0 radical (unpaired) electrons. The molecular weight excluding hydrogens is 469 g/mol. The molecule has 3 rings (SSSR count). The number of rotatable bonds is 7. The van der Waals surface area contributed by atoms with Crippen LogP contribution in [0.2, 0.25) is 0 Å². The fourth-order valence-electron chi connectivity index (χ4n) is 3.88. The number of hydrogen-bond donors (Lipinski definition) is 3. The van der Waals surface area contributed by atoms with Gasteiger partial charge in [0.2, 0.25) is 0 Å². The number of fused-ring (bicyclic) bond motifs is 1. The lowest BCUT2D eigenvalue weighted by Gasteiger charge is -2.18. The molecule has 3 atom stereocenters. The van der Waals surface area contributed by atoms with E-state index in [2.05, 4.69) is 36.6 Å². The Morgan fingerprint density at radius 2 is 2.11 bits per heavy atom. The fourth-order valence-corrected chi connectivity index (χ4v) is 3.88. The lowest BCUT2D eigenvalue weighted by Crippen LogP contribution is -2.41. The van der Waals surface area contributed by atoms with Crippen LogP contribution >= 0.6 is 24.0 Å². The number of aliphatic hydroxyl groups excluding tert-OH is 1. The summed E-state index contributed by atoms with van der Waals surface area (Å²) in [6, 6.07) is 4.17. The molecule has 158 valence electrons. The molecule has 1 aromatic carbocycles. The van der Waals surface area contributed by atoms with E-state index in [-0.39, 0.29) is 36.2 Å². The van der Waals surface area contributed by atoms with E-state index in [9.17, 15) is 5.11 Å². The summed E-state index contributed by atoms with van der Waals surface area (Å²) in [5.74, 6) is 2.92. The molecule has 3 N–H and O–H groups in total. The van der Waals surface area contributed by atoms with Gasteiger partial charge in [-0.3, -0.25) is 0 Å². The van der Waals surface area contributed by atoms with Gasteiger partial charge in [-0.2, -0.15) is 0 Å². The Hall–Kier alpha value is -1.22. The van der Waals surface area contributed by atoms with E-state index in [1.807, 2.05) is 6.92 Å². The lowest BCUT2D eigenvalue weighted by atomic mass is 10.1. The maximum atomic E-state index is 10.0. The van der Waals surface area contributed by atoms with Crippen LogP contribution in [0.25, 0.3) is 0 Å². The largest absolute Gasteiger partial charge is 0.494 e. The second-order valence-electron chi connectivity index (χ2n) is 7.47. The summed E-state index contributed by atoms with van der Waals surface area (Å²) in [6.45, 7) is 8.82. The van der Waals surface area contributed by atoms with Gasteiger partial charge in [-0.25, -0.2) is 4.99 Å². The van der Waals surface area contributed by atoms with Gasteiger partial charge in [-0.1, -0.05) is 6.42 Å². The zero-order valence-corrected chi connectivity index (χ0v) is 19.5. The maximum absolute atomic E-state index is 10.0. The van der Waals surface area contributed by atoms with Crippen LogP contribution in [0.3, 0.4) is 0 Å². The number of nitrogens with zero attached hydrogens (tertiary/aromatic N) is 1. The highest BCUT2D eigenvalue weighted by Gasteiger charge is 2.25. The minimum Gasteiger partial charge on any atom is -0.494 e. The molecular formula is C21H34IN3O3. The number of aliphatic hydroxyl groups is 1. The third-order valence-corrected chi connectivity index (χ3v) is 5.28. The smallest absolute Gasteiger partial charge is 0.191 e. The van der Waals surface area contributed by atoms with E-state index in [1.54, 1.807) is 0 Å². The zero-order chi connectivity index (χ0) is 19.2. The van der Waals surface area contributed by atoms with Crippen LogP contribution in [0.1, 0.15) is 51.2 Å². The Kier molecular flexibility index (Phi) is 9.14. The maximum Gasteiger partial charge on any atom is 0.191 e. The lowest BCUT2D eigenvalue weighted by molar-refractivity contribution is 0.134. The summed E-state index contributed by atoms with van der Waals surface area (Å²) in [6.07, 6.45) is 4.03. The molecule has 1 fully saturated rings. The van der Waals surface area contributed by atoms with Crippen molar-refractivity contribution in [2.24, 2.45) is 10.9 Å². The first-order chi connectivity index (χ1) is 13.1. The second-order valence-corrected chi connectivity index (χ2v) is 7.47. The molecule has 28 heavy (non-hydrogen) atoms. The summed E-state index contributed by atoms with van der Waals surface area (Å²) >= 11 is 0. The number of benzene rings is 1. The highest BCUT2D eigenvalue weighted by atomic mass is 127. The van der Waals surface area contributed by atoms with Crippen LogP contribution < -0.4 is 20.1 Å². The first kappa shape index (κ1) is 23.1. The molecule has 6 nitrogen and oxygen atoms in total. The Morgan fingerprint density at radius 1 is 1.29 bits per heavy atom. The molecule has 1 aliphatic heterocycles. The van der Waals surface area contributed by atoms with Gasteiger partial charge in [0.05, 0.1) is 19.3 Å². The van der Waals surface area contributed by atoms with Crippen LogP contribution in [0.4, 0.5) is 0 Å². The van der Waals surface area contributed by atoms with Crippen molar-refractivity contribution in [1.82, 2.24) is 10.6 Å². The summed E-state index contributed by atoms with van der Waals surface area (Å²) in [4.78, 5) is 4.73. The fraction of sp³-hybridized carbons (Fsp3) is 0.667. The summed E-state index contributed by atoms with van der Waals surface area (Å²) in [5, 5.41) is 16.7. The first-order valence-corrected chi connectivity index (χ1v) is 10.3. The molecule has 2 aliphatic rings. The standard InChI is InChI=1S/C21H33N3O3.HI/c1-4-22-21(23-12-15-7-6-8-18(15)25)24-13-17-11-20-16(9-14(3)27-20)10-19(17)26-5-2;/h10-11,14-15,18,25H,4-9,12-13H2,1-3H3,(H2,22,23,24);1H. The molecule has 1 saturated carbocycles. The number of halogens is 1. The average Bonchev–Trinajstić information content (AvgIpc) is 3.21. The predicted octanol–water partition coefficient (Wildman–Crippen LogP) is 3.24. The minimum atomic E-state index is -0.194. The van der Waals surface area contributed by atoms with Gasteiger partial charge in [-0.05, 0) is 45.7 Å². The monoisotopic (exact) mass is 503 g/mol. The van der Waals surface area contributed by atoms with Crippen molar-refractivity contribution >= 4 is 29.9 Å². The number of aliphatic imine (C=N–C) groups is 1. The molecule has 7 heteroatoms. The van der Waals surface area contributed by atoms with Gasteiger partial charge < -0.3 is 25.2 Å². The third-order valence-electron chi connectivity index (χ3n) is 5.28. The summed E-state index contributed by atoms with van der Waals surface area (Å²) < 4.78 is 11.7. The highest BCUT2D eigenvalue weighted by Crippen LogP contribution is 2.35. The molecule has 0 saturated heterocycles. The summed E-state index contributed by atoms with van der Waals surface area (Å²) in [5.41, 5.74) is 2.24. The van der Waals surface area contributed by atoms with Gasteiger partial charge in [0, 0.05) is 36.6 Å². The van der Waals surface area contributed by atoms with Crippen molar-refractivity contribution in [3.8, 4) is 11.5 Å². The van der Waals surface area contributed by atoms with E-state index >= 15 is 0 Å². The molecule has 1 aromatic rings. The number of hydrogen-bond acceptors (Lipinski definition) is 4. The number of ether oxygens (including phenoxy) is 2. The van der Waals surface area contributed by atoms with Gasteiger partial charge in [0.15, 0.2) is 5.96 Å². The molecule has 1 aliphatic carbocycles. The Morgan fingerprint density at radius 3 is 2.79 bits per heavy atom. The van der Waals surface area contributed by atoms with Crippen molar-refractivity contribution in [3.05, 3.63) is 23.3 Å².